The highest BCUT2D eigenvalue weighted by atomic mass is 79.9. The number of pyridine rings is 1. The number of nitrogens with zero attached hydrogens (tertiary/aromatic N) is 2. The quantitative estimate of drug-likeness (QED) is 0.561. The minimum absolute atomic E-state index is 0.0249. The molecule has 0 saturated carbocycles. The van der Waals surface area contributed by atoms with Crippen molar-refractivity contribution in [3.8, 4) is 5.88 Å². The van der Waals surface area contributed by atoms with E-state index in [2.05, 4.69) is 20.9 Å². The summed E-state index contributed by atoms with van der Waals surface area (Å²) >= 11 is 2.84. The molecule has 1 unspecified atom stereocenters. The number of ether oxygens (including phenoxy) is 1. The van der Waals surface area contributed by atoms with Crippen LogP contribution in [0.25, 0.3) is 0 Å². The number of rotatable bonds is 5. The summed E-state index contributed by atoms with van der Waals surface area (Å²) in [5, 5.41) is 0. The van der Waals surface area contributed by atoms with Crippen LogP contribution < -0.4 is 9.64 Å². The van der Waals surface area contributed by atoms with Crippen molar-refractivity contribution in [3.63, 3.8) is 0 Å². The molecule has 27 heavy (non-hydrogen) atoms. The lowest BCUT2D eigenvalue weighted by atomic mass is 10.0. The van der Waals surface area contributed by atoms with Crippen LogP contribution in [0.15, 0.2) is 41.0 Å². The number of carbonyl (C=O) groups excluding carboxylic acids is 1. The molecule has 0 radical (unpaired) electrons. The first-order valence-electron chi connectivity index (χ1n) is 8.27. The van der Waals surface area contributed by atoms with E-state index >= 15 is 0 Å². The fourth-order valence-electron chi connectivity index (χ4n) is 2.66. The van der Waals surface area contributed by atoms with Crippen molar-refractivity contribution in [1.82, 2.24) is 4.98 Å². The second-order valence-corrected chi connectivity index (χ2v) is 7.05. The van der Waals surface area contributed by atoms with E-state index in [1.807, 2.05) is 30.3 Å². The largest absolute Gasteiger partial charge is 0.479 e. The predicted molar refractivity (Wildman–Crippen MR) is 101 cm³/mol. The van der Waals surface area contributed by atoms with Crippen LogP contribution >= 0.6 is 15.9 Å². The lowest BCUT2D eigenvalue weighted by Gasteiger charge is -2.32. The number of amides is 1. The van der Waals surface area contributed by atoms with Crippen LogP contribution in [0.1, 0.15) is 37.9 Å². The molecule has 1 aromatic heterocycles. The topological polar surface area (TPSA) is 42.4 Å². The standard InChI is InChI=1S/C19H20BrF3N2O2/c1-11(2)18(26)25(12(3)13-8-6-5-7-9-13)15-10-14(19(21,22)23)16(20)24-17(15)27-4/h5-12H,1-4H3. The summed E-state index contributed by atoms with van der Waals surface area (Å²) in [6.45, 7) is 5.14. The summed E-state index contributed by atoms with van der Waals surface area (Å²) in [5.41, 5.74) is -0.215. The Morgan fingerprint density at radius 1 is 1.19 bits per heavy atom. The Hall–Kier alpha value is -2.09. The number of halogens is 4. The summed E-state index contributed by atoms with van der Waals surface area (Å²) < 4.78 is 45.0. The molecule has 2 aromatic rings. The van der Waals surface area contributed by atoms with E-state index in [0.717, 1.165) is 11.6 Å². The zero-order valence-corrected chi connectivity index (χ0v) is 16.9. The minimum Gasteiger partial charge on any atom is -0.479 e. The smallest absolute Gasteiger partial charge is 0.419 e. The van der Waals surface area contributed by atoms with Gasteiger partial charge in [-0.25, -0.2) is 4.98 Å². The molecule has 4 nitrogen and oxygen atoms in total. The summed E-state index contributed by atoms with van der Waals surface area (Å²) in [7, 11) is 1.30. The number of hydrogen-bond acceptors (Lipinski definition) is 3. The van der Waals surface area contributed by atoms with Crippen LogP contribution in [0, 0.1) is 5.92 Å². The molecule has 0 N–H and O–H groups in total. The number of carbonyl (C=O) groups is 1. The van der Waals surface area contributed by atoms with Crippen LogP contribution in [-0.4, -0.2) is 18.0 Å². The molecule has 8 heteroatoms. The van der Waals surface area contributed by atoms with Gasteiger partial charge in [-0.3, -0.25) is 4.79 Å². The van der Waals surface area contributed by atoms with Gasteiger partial charge < -0.3 is 9.64 Å². The van der Waals surface area contributed by atoms with Gasteiger partial charge in [0.05, 0.1) is 18.7 Å². The first kappa shape index (κ1) is 21.2. The van der Waals surface area contributed by atoms with Crippen molar-refractivity contribution in [2.75, 3.05) is 12.0 Å². The van der Waals surface area contributed by atoms with Crippen LogP contribution in [0.2, 0.25) is 0 Å². The summed E-state index contributed by atoms with van der Waals surface area (Å²) in [4.78, 5) is 18.1. The highest BCUT2D eigenvalue weighted by Crippen LogP contribution is 2.42. The zero-order valence-electron chi connectivity index (χ0n) is 15.3. The second kappa shape index (κ2) is 8.29. The van der Waals surface area contributed by atoms with Gasteiger partial charge in [-0.1, -0.05) is 44.2 Å². The van der Waals surface area contributed by atoms with Gasteiger partial charge in [0, 0.05) is 5.92 Å². The highest BCUT2D eigenvalue weighted by Gasteiger charge is 2.37. The zero-order chi connectivity index (χ0) is 20.4. The lowest BCUT2D eigenvalue weighted by Crippen LogP contribution is -2.37. The molecule has 0 saturated heterocycles. The monoisotopic (exact) mass is 444 g/mol. The van der Waals surface area contributed by atoms with Crippen molar-refractivity contribution in [2.45, 2.75) is 33.0 Å². The number of alkyl halides is 3. The predicted octanol–water partition coefficient (Wildman–Crippen LogP) is 5.62. The van der Waals surface area contributed by atoms with Gasteiger partial charge in [-0.05, 0) is 34.5 Å². The van der Waals surface area contributed by atoms with Crippen molar-refractivity contribution in [3.05, 3.63) is 52.1 Å². The van der Waals surface area contributed by atoms with Crippen LogP contribution in [0.4, 0.5) is 18.9 Å². The summed E-state index contributed by atoms with van der Waals surface area (Å²) in [6.07, 6.45) is -4.63. The van der Waals surface area contributed by atoms with E-state index in [1.165, 1.54) is 12.0 Å². The van der Waals surface area contributed by atoms with Crippen LogP contribution in [0.5, 0.6) is 5.88 Å². The van der Waals surface area contributed by atoms with Gasteiger partial charge >= 0.3 is 6.18 Å². The number of hydrogen-bond donors (Lipinski definition) is 0. The third-order valence-corrected chi connectivity index (χ3v) is 4.69. The van der Waals surface area contributed by atoms with E-state index < -0.39 is 23.7 Å². The van der Waals surface area contributed by atoms with Gasteiger partial charge in [0.2, 0.25) is 11.8 Å². The van der Waals surface area contributed by atoms with E-state index in [9.17, 15) is 18.0 Å². The molecule has 1 heterocycles. The molecule has 1 aromatic carbocycles. The average molecular weight is 445 g/mol. The van der Waals surface area contributed by atoms with Gasteiger partial charge in [0.15, 0.2) is 0 Å². The summed E-state index contributed by atoms with van der Waals surface area (Å²) in [5.74, 6) is -0.826. The molecule has 0 aliphatic rings. The average Bonchev–Trinajstić information content (AvgIpc) is 2.62. The Kier molecular flexibility index (Phi) is 6.51. The van der Waals surface area contributed by atoms with Crippen molar-refractivity contribution >= 4 is 27.5 Å². The number of anilines is 1. The van der Waals surface area contributed by atoms with Gasteiger partial charge in [-0.15, -0.1) is 0 Å². The molecule has 146 valence electrons. The first-order chi connectivity index (χ1) is 12.6. The molecule has 1 amide bonds. The van der Waals surface area contributed by atoms with Gasteiger partial charge in [0.25, 0.3) is 0 Å². The molecule has 2 rings (SSSR count). The Morgan fingerprint density at radius 2 is 1.78 bits per heavy atom. The third kappa shape index (κ3) is 4.61. The van der Waals surface area contributed by atoms with Crippen LogP contribution in [-0.2, 0) is 11.0 Å². The second-order valence-electron chi connectivity index (χ2n) is 6.30. The van der Waals surface area contributed by atoms with Crippen molar-refractivity contribution in [1.29, 1.82) is 0 Å². The van der Waals surface area contributed by atoms with E-state index in [-0.39, 0.29) is 22.1 Å². The first-order valence-corrected chi connectivity index (χ1v) is 9.07. The molecule has 0 aliphatic carbocycles. The molecule has 0 spiro atoms. The van der Waals surface area contributed by atoms with E-state index in [4.69, 9.17) is 4.74 Å². The van der Waals surface area contributed by atoms with E-state index in [1.54, 1.807) is 20.8 Å². The molecule has 0 bridgehead atoms. The number of aromatic nitrogens is 1. The van der Waals surface area contributed by atoms with E-state index in [0.29, 0.717) is 0 Å². The number of methoxy groups -OCH3 is 1. The van der Waals surface area contributed by atoms with Crippen molar-refractivity contribution in [2.24, 2.45) is 5.92 Å². The Balaban J connectivity index is 2.70. The molecule has 0 aliphatic heterocycles. The Morgan fingerprint density at radius 3 is 2.26 bits per heavy atom. The van der Waals surface area contributed by atoms with Crippen LogP contribution in [0.3, 0.4) is 0 Å². The maximum absolute atomic E-state index is 13.4. The normalized spacial score (nSPS) is 12.8. The SMILES string of the molecule is COc1nc(Br)c(C(F)(F)F)cc1N(C(=O)C(C)C)C(C)c1ccccc1. The maximum Gasteiger partial charge on any atom is 0.419 e. The highest BCUT2D eigenvalue weighted by molar-refractivity contribution is 9.10. The van der Waals surface area contributed by atoms with Crippen molar-refractivity contribution < 1.29 is 22.7 Å². The Labute approximate surface area is 164 Å². The Bertz CT molecular complexity index is 811. The fourth-order valence-corrected chi connectivity index (χ4v) is 3.16. The van der Waals surface area contributed by atoms with Gasteiger partial charge in [-0.2, -0.15) is 13.2 Å². The lowest BCUT2D eigenvalue weighted by molar-refractivity contribution is -0.138. The molecular formula is C19H20BrF3N2O2. The molecule has 0 fully saturated rings. The number of benzene rings is 1. The third-order valence-electron chi connectivity index (χ3n) is 4.08. The maximum atomic E-state index is 13.4. The van der Waals surface area contributed by atoms with Gasteiger partial charge in [0.1, 0.15) is 10.3 Å². The summed E-state index contributed by atoms with van der Waals surface area (Å²) in [6, 6.07) is 9.46. The molecule has 1 atom stereocenters. The molecular weight excluding hydrogens is 425 g/mol. The fraction of sp³-hybridized carbons (Fsp3) is 0.368. The minimum atomic E-state index is -4.63.